The largest absolute Gasteiger partial charge is 0.444 e. The maximum Gasteiger partial charge on any atom is 0.408 e. The van der Waals surface area contributed by atoms with Gasteiger partial charge in [0, 0.05) is 25.6 Å². The molecule has 28 heavy (non-hydrogen) atoms. The molecule has 0 aromatic heterocycles. The topological polar surface area (TPSA) is 87.7 Å². The number of amides is 3. The lowest BCUT2D eigenvalue weighted by Gasteiger charge is -2.32. The van der Waals surface area contributed by atoms with Crippen molar-refractivity contribution in [2.24, 2.45) is 0 Å². The van der Waals surface area contributed by atoms with Crippen molar-refractivity contribution in [1.29, 1.82) is 0 Å². The van der Waals surface area contributed by atoms with E-state index in [1.165, 1.54) is 0 Å². The maximum atomic E-state index is 12.4. The summed E-state index contributed by atoms with van der Waals surface area (Å²) in [5.74, 6) is -0.0973. The minimum Gasteiger partial charge on any atom is -0.444 e. The first-order valence-corrected chi connectivity index (χ1v) is 9.81. The molecule has 0 aliphatic carbocycles. The second-order valence-electron chi connectivity index (χ2n) is 8.06. The summed E-state index contributed by atoms with van der Waals surface area (Å²) in [7, 11) is 0. The van der Waals surface area contributed by atoms with E-state index < -0.39 is 11.7 Å². The Hall–Kier alpha value is -2.57. The van der Waals surface area contributed by atoms with Crippen molar-refractivity contribution >= 4 is 17.9 Å². The van der Waals surface area contributed by atoms with Crippen molar-refractivity contribution in [3.8, 4) is 0 Å². The van der Waals surface area contributed by atoms with Gasteiger partial charge in [-0.15, -0.1) is 0 Å². The highest BCUT2D eigenvalue weighted by Crippen LogP contribution is 2.13. The molecule has 0 unspecified atom stereocenters. The van der Waals surface area contributed by atoms with Gasteiger partial charge in [-0.05, 0) is 45.6 Å². The monoisotopic (exact) mass is 389 g/mol. The van der Waals surface area contributed by atoms with E-state index in [1.54, 1.807) is 20.8 Å². The molecule has 2 rings (SSSR count). The third-order valence-corrected chi connectivity index (χ3v) is 4.48. The van der Waals surface area contributed by atoms with Crippen LogP contribution in [0, 0.1) is 0 Å². The van der Waals surface area contributed by atoms with Gasteiger partial charge < -0.3 is 20.3 Å². The van der Waals surface area contributed by atoms with Crippen LogP contribution in [0.2, 0.25) is 0 Å². The van der Waals surface area contributed by atoms with Gasteiger partial charge in [0.1, 0.15) is 12.1 Å². The predicted molar refractivity (Wildman–Crippen MR) is 107 cm³/mol. The lowest BCUT2D eigenvalue weighted by molar-refractivity contribution is -0.132. The molecule has 1 fully saturated rings. The van der Waals surface area contributed by atoms with Crippen molar-refractivity contribution in [1.82, 2.24) is 15.5 Å². The molecule has 1 aromatic carbocycles. The van der Waals surface area contributed by atoms with Gasteiger partial charge in [0.05, 0.1) is 0 Å². The summed E-state index contributed by atoms with van der Waals surface area (Å²) in [4.78, 5) is 37.8. The average Bonchev–Trinajstić information content (AvgIpc) is 2.64. The Balaban J connectivity index is 1.64. The third-order valence-electron chi connectivity index (χ3n) is 4.48. The van der Waals surface area contributed by atoms with Crippen LogP contribution in [0.5, 0.6) is 0 Å². The van der Waals surface area contributed by atoms with E-state index in [0.29, 0.717) is 19.5 Å². The molecule has 7 nitrogen and oxygen atoms in total. The van der Waals surface area contributed by atoms with Gasteiger partial charge in [0.2, 0.25) is 11.8 Å². The number of nitrogens with one attached hydrogen (secondary N) is 2. The fraction of sp³-hybridized carbons (Fsp3) is 0.571. The first kappa shape index (κ1) is 21.7. The van der Waals surface area contributed by atoms with Crippen molar-refractivity contribution in [2.45, 2.75) is 58.1 Å². The van der Waals surface area contributed by atoms with Crippen LogP contribution in [-0.4, -0.2) is 54.1 Å². The second kappa shape index (κ2) is 10.1. The molecule has 1 heterocycles. The molecule has 0 spiro atoms. The number of piperidine rings is 1. The van der Waals surface area contributed by atoms with Crippen molar-refractivity contribution in [3.63, 3.8) is 0 Å². The Morgan fingerprint density at radius 3 is 2.36 bits per heavy atom. The van der Waals surface area contributed by atoms with Crippen LogP contribution in [-0.2, 0) is 20.7 Å². The molecule has 2 N–H and O–H groups in total. The first-order chi connectivity index (χ1) is 13.2. The Morgan fingerprint density at radius 1 is 1.11 bits per heavy atom. The smallest absolute Gasteiger partial charge is 0.408 e. The number of nitrogens with zero attached hydrogens (tertiary/aromatic N) is 1. The van der Waals surface area contributed by atoms with Crippen LogP contribution in [0.1, 0.15) is 45.6 Å². The zero-order chi connectivity index (χ0) is 20.6. The van der Waals surface area contributed by atoms with E-state index in [0.717, 1.165) is 24.8 Å². The molecule has 1 aliphatic rings. The molecule has 1 aromatic rings. The van der Waals surface area contributed by atoms with Gasteiger partial charge in [0.25, 0.3) is 0 Å². The molecule has 154 valence electrons. The molecular weight excluding hydrogens is 358 g/mol. The Kier molecular flexibility index (Phi) is 7.84. The molecule has 1 saturated heterocycles. The Bertz CT molecular complexity index is 662. The van der Waals surface area contributed by atoms with E-state index in [9.17, 15) is 14.4 Å². The lowest BCUT2D eigenvalue weighted by atomic mass is 10.0. The number of aryl methyl sites for hydroxylation is 1. The molecule has 0 radical (unpaired) electrons. The van der Waals surface area contributed by atoms with E-state index in [4.69, 9.17) is 4.74 Å². The average molecular weight is 389 g/mol. The van der Waals surface area contributed by atoms with Crippen molar-refractivity contribution in [3.05, 3.63) is 35.9 Å². The number of alkyl carbamates (subject to hydrolysis) is 1. The van der Waals surface area contributed by atoms with E-state index >= 15 is 0 Å². The maximum absolute atomic E-state index is 12.4. The molecule has 0 atom stereocenters. The van der Waals surface area contributed by atoms with Gasteiger partial charge in [-0.25, -0.2) is 4.79 Å². The van der Waals surface area contributed by atoms with Crippen LogP contribution in [0.4, 0.5) is 4.79 Å². The normalized spacial score (nSPS) is 15.0. The molecule has 7 heteroatoms. The molecule has 0 bridgehead atoms. The number of carbonyl (C=O) groups excluding carboxylic acids is 3. The highest BCUT2D eigenvalue weighted by atomic mass is 16.6. The van der Waals surface area contributed by atoms with Crippen LogP contribution in [0.25, 0.3) is 0 Å². The minimum atomic E-state index is -0.610. The van der Waals surface area contributed by atoms with Crippen LogP contribution in [0.3, 0.4) is 0 Å². The predicted octanol–water partition coefficient (Wildman–Crippen LogP) is 2.25. The minimum absolute atomic E-state index is 0.0195. The number of benzene rings is 1. The van der Waals surface area contributed by atoms with Gasteiger partial charge in [-0.3, -0.25) is 9.59 Å². The first-order valence-electron chi connectivity index (χ1n) is 9.81. The molecule has 3 amide bonds. The van der Waals surface area contributed by atoms with Crippen molar-refractivity contribution < 1.29 is 19.1 Å². The fourth-order valence-electron chi connectivity index (χ4n) is 3.07. The standard InChI is InChI=1S/C21H31N3O4/c1-21(2,3)28-20(27)22-15-18(25)23-17-11-13-24(14-12-17)19(26)10-9-16-7-5-4-6-8-16/h4-8,17H,9-15H2,1-3H3,(H,22,27)(H,23,25). The van der Waals surface area contributed by atoms with Crippen molar-refractivity contribution in [2.75, 3.05) is 19.6 Å². The van der Waals surface area contributed by atoms with Crippen LogP contribution >= 0.6 is 0 Å². The number of hydrogen-bond acceptors (Lipinski definition) is 4. The summed E-state index contributed by atoms with van der Waals surface area (Å²) in [5, 5.41) is 5.36. The van der Waals surface area contributed by atoms with E-state index in [1.807, 2.05) is 35.2 Å². The van der Waals surface area contributed by atoms with E-state index in [-0.39, 0.29) is 24.4 Å². The lowest BCUT2D eigenvalue weighted by Crippen LogP contribution is -2.49. The Morgan fingerprint density at radius 2 is 1.75 bits per heavy atom. The second-order valence-corrected chi connectivity index (χ2v) is 8.06. The van der Waals surface area contributed by atoms with Gasteiger partial charge in [-0.2, -0.15) is 0 Å². The quantitative estimate of drug-likeness (QED) is 0.781. The fourth-order valence-corrected chi connectivity index (χ4v) is 3.07. The zero-order valence-electron chi connectivity index (χ0n) is 17.0. The van der Waals surface area contributed by atoms with Crippen LogP contribution in [0.15, 0.2) is 30.3 Å². The number of likely N-dealkylation sites (tertiary alicyclic amines) is 1. The summed E-state index contributed by atoms with van der Waals surface area (Å²) >= 11 is 0. The Labute approximate surface area is 166 Å². The number of carbonyl (C=O) groups is 3. The third kappa shape index (κ3) is 7.98. The van der Waals surface area contributed by atoms with Gasteiger partial charge in [-0.1, -0.05) is 30.3 Å². The summed E-state index contributed by atoms with van der Waals surface area (Å²) < 4.78 is 5.10. The van der Waals surface area contributed by atoms with Gasteiger partial charge in [0.15, 0.2) is 0 Å². The molecule has 0 saturated carbocycles. The molecule has 1 aliphatic heterocycles. The number of hydrogen-bond donors (Lipinski definition) is 2. The summed E-state index contributed by atoms with van der Waals surface area (Å²) in [5.41, 5.74) is 0.566. The highest BCUT2D eigenvalue weighted by molar-refractivity contribution is 5.82. The van der Waals surface area contributed by atoms with Crippen LogP contribution < -0.4 is 10.6 Å². The summed E-state index contributed by atoms with van der Waals surface area (Å²) in [6, 6.07) is 10.00. The van der Waals surface area contributed by atoms with E-state index in [2.05, 4.69) is 10.6 Å². The number of rotatable bonds is 6. The number of ether oxygens (including phenoxy) is 1. The highest BCUT2D eigenvalue weighted by Gasteiger charge is 2.24. The zero-order valence-corrected chi connectivity index (χ0v) is 17.0. The SMILES string of the molecule is CC(C)(C)OC(=O)NCC(=O)NC1CCN(C(=O)CCc2ccccc2)CC1. The van der Waals surface area contributed by atoms with Gasteiger partial charge >= 0.3 is 6.09 Å². The summed E-state index contributed by atoms with van der Waals surface area (Å²) in [6.45, 7) is 6.45. The summed E-state index contributed by atoms with van der Waals surface area (Å²) in [6.07, 6.45) is 2.07. The molecular formula is C21H31N3O4.